The Kier molecular flexibility index (Phi) is 8.91. The van der Waals surface area contributed by atoms with Crippen LogP contribution in [0.3, 0.4) is 0 Å². The Labute approximate surface area is 232 Å². The van der Waals surface area contributed by atoms with Crippen LogP contribution in [-0.2, 0) is 22.4 Å². The molecule has 10 heteroatoms. The van der Waals surface area contributed by atoms with Gasteiger partial charge < -0.3 is 44.5 Å². The number of esters is 1. The van der Waals surface area contributed by atoms with Gasteiger partial charge in [-0.3, -0.25) is 4.79 Å². The maximum absolute atomic E-state index is 12.8. The number of aromatic hydroxyl groups is 3. The number of hydrogen-bond acceptors (Lipinski definition) is 10. The van der Waals surface area contributed by atoms with Crippen LogP contribution in [-0.4, -0.2) is 66.0 Å². The maximum Gasteiger partial charge on any atom is 0.309 e. The van der Waals surface area contributed by atoms with E-state index in [1.54, 1.807) is 30.3 Å². The van der Waals surface area contributed by atoms with Crippen LogP contribution in [0.1, 0.15) is 34.3 Å². The van der Waals surface area contributed by atoms with E-state index in [9.17, 15) is 30.3 Å². The first-order valence-electron chi connectivity index (χ1n) is 12.8. The van der Waals surface area contributed by atoms with Crippen molar-refractivity contribution in [2.24, 2.45) is 11.8 Å². The lowest BCUT2D eigenvalue weighted by Crippen LogP contribution is -2.21. The summed E-state index contributed by atoms with van der Waals surface area (Å²) in [6, 6.07) is 12.6. The van der Waals surface area contributed by atoms with Gasteiger partial charge in [0.2, 0.25) is 0 Å². The summed E-state index contributed by atoms with van der Waals surface area (Å²) >= 11 is 0. The fourth-order valence-electron chi connectivity index (χ4n) is 5.19. The first-order valence-corrected chi connectivity index (χ1v) is 12.8. The molecule has 0 spiro atoms. The number of cyclic esters (lactones) is 1. The summed E-state index contributed by atoms with van der Waals surface area (Å²) in [5.74, 6) is -1.66. The number of phenols is 3. The lowest BCUT2D eigenvalue weighted by molar-refractivity contribution is -0.141. The molecule has 0 amide bonds. The Morgan fingerprint density at radius 3 is 2.12 bits per heavy atom. The van der Waals surface area contributed by atoms with Gasteiger partial charge in [-0.1, -0.05) is 18.2 Å². The van der Waals surface area contributed by atoms with Gasteiger partial charge in [0, 0.05) is 17.4 Å². The average molecular weight is 555 g/mol. The molecule has 1 fully saturated rings. The Hall–Kier alpha value is -4.15. The number of aliphatic hydroxyl groups excluding tert-OH is 2. The minimum absolute atomic E-state index is 0.0247. The van der Waals surface area contributed by atoms with Crippen LogP contribution < -0.4 is 14.2 Å². The highest BCUT2D eigenvalue weighted by molar-refractivity contribution is 5.75. The fourth-order valence-corrected chi connectivity index (χ4v) is 5.19. The quantitative estimate of drug-likeness (QED) is 0.223. The predicted octanol–water partition coefficient (Wildman–Crippen LogP) is 3.21. The van der Waals surface area contributed by atoms with Gasteiger partial charge in [0.25, 0.3) is 0 Å². The van der Waals surface area contributed by atoms with Crippen molar-refractivity contribution in [1.29, 1.82) is 0 Å². The molecule has 1 aliphatic rings. The molecule has 3 aromatic rings. The van der Waals surface area contributed by atoms with Gasteiger partial charge in [-0.2, -0.15) is 0 Å². The number of carbonyl (C=O) groups is 1. The second-order valence-electron chi connectivity index (χ2n) is 9.81. The fraction of sp³-hybridized carbons (Fsp3) is 0.367. The lowest BCUT2D eigenvalue weighted by Gasteiger charge is -2.25. The van der Waals surface area contributed by atoms with E-state index in [1.165, 1.54) is 39.5 Å². The number of phenolic OH excluding ortho intramolecular Hbond substituents is 3. The number of benzene rings is 3. The zero-order chi connectivity index (χ0) is 29.0. The molecule has 5 N–H and O–H groups in total. The van der Waals surface area contributed by atoms with Crippen molar-refractivity contribution in [3.63, 3.8) is 0 Å². The lowest BCUT2D eigenvalue weighted by atomic mass is 9.83. The van der Waals surface area contributed by atoms with Crippen LogP contribution in [0.25, 0.3) is 0 Å². The minimum Gasteiger partial charge on any atom is -0.504 e. The van der Waals surface area contributed by atoms with Crippen molar-refractivity contribution in [3.05, 3.63) is 70.8 Å². The Morgan fingerprint density at radius 2 is 1.48 bits per heavy atom. The van der Waals surface area contributed by atoms with Gasteiger partial charge in [-0.05, 0) is 59.9 Å². The van der Waals surface area contributed by atoms with Crippen molar-refractivity contribution in [2.45, 2.75) is 24.9 Å². The van der Waals surface area contributed by atoms with E-state index in [0.29, 0.717) is 23.3 Å². The number of rotatable bonds is 11. The molecule has 1 heterocycles. The Balaban J connectivity index is 1.63. The van der Waals surface area contributed by atoms with Gasteiger partial charge >= 0.3 is 5.97 Å². The van der Waals surface area contributed by atoms with E-state index in [4.69, 9.17) is 18.9 Å². The minimum atomic E-state index is -1.26. The molecule has 214 valence electrons. The molecule has 10 nitrogen and oxygen atoms in total. The summed E-state index contributed by atoms with van der Waals surface area (Å²) in [6.45, 7) is -0.281. The normalized spacial score (nSPS) is 18.2. The number of methoxy groups -OCH3 is 3. The molecule has 4 atom stereocenters. The summed E-state index contributed by atoms with van der Waals surface area (Å²) < 4.78 is 21.1. The van der Waals surface area contributed by atoms with Gasteiger partial charge in [0.05, 0.1) is 46.6 Å². The summed E-state index contributed by atoms with van der Waals surface area (Å²) in [6.07, 6.45) is -0.488. The average Bonchev–Trinajstić information content (AvgIpc) is 3.29. The first-order chi connectivity index (χ1) is 19.2. The molecular weight excluding hydrogens is 520 g/mol. The molecule has 3 aromatic carbocycles. The van der Waals surface area contributed by atoms with Crippen LogP contribution in [0.4, 0.5) is 0 Å². The van der Waals surface area contributed by atoms with E-state index in [0.717, 1.165) is 5.56 Å². The van der Waals surface area contributed by atoms with E-state index in [-0.39, 0.29) is 59.2 Å². The monoisotopic (exact) mass is 554 g/mol. The summed E-state index contributed by atoms with van der Waals surface area (Å²) in [5.41, 5.74) is 2.12. The van der Waals surface area contributed by atoms with E-state index in [1.807, 2.05) is 0 Å². The zero-order valence-electron chi connectivity index (χ0n) is 22.5. The second kappa shape index (κ2) is 12.4. The molecule has 4 rings (SSSR count). The van der Waals surface area contributed by atoms with E-state index < -0.39 is 24.5 Å². The smallest absolute Gasteiger partial charge is 0.309 e. The highest BCUT2D eigenvalue weighted by Crippen LogP contribution is 2.43. The molecule has 2 unspecified atom stereocenters. The Morgan fingerprint density at radius 1 is 0.850 bits per heavy atom. The SMILES string of the molecule is COc1cc(C[C@H]2COC(=O)[C@@H]2Cc2cc(OC)c(O)c(C(CO)C(O)c3ccc(O)c(OC)c3)c2)ccc1O. The number of hydrogen-bond donors (Lipinski definition) is 5. The highest BCUT2D eigenvalue weighted by Gasteiger charge is 2.37. The van der Waals surface area contributed by atoms with Crippen LogP contribution in [0, 0.1) is 11.8 Å². The highest BCUT2D eigenvalue weighted by atomic mass is 16.5. The molecular formula is C30H34O10. The van der Waals surface area contributed by atoms with Crippen molar-refractivity contribution < 1.29 is 49.3 Å². The second-order valence-corrected chi connectivity index (χ2v) is 9.81. The maximum atomic E-state index is 12.8. The number of carbonyl (C=O) groups excluding carboxylic acids is 1. The van der Waals surface area contributed by atoms with Crippen molar-refractivity contribution in [1.82, 2.24) is 0 Å². The van der Waals surface area contributed by atoms with Gasteiger partial charge in [-0.25, -0.2) is 0 Å². The zero-order valence-corrected chi connectivity index (χ0v) is 22.5. The molecule has 0 aliphatic carbocycles. The van der Waals surface area contributed by atoms with Gasteiger partial charge in [0.15, 0.2) is 34.5 Å². The first kappa shape index (κ1) is 28.8. The largest absolute Gasteiger partial charge is 0.504 e. The predicted molar refractivity (Wildman–Crippen MR) is 144 cm³/mol. The van der Waals surface area contributed by atoms with E-state index >= 15 is 0 Å². The number of aliphatic hydroxyl groups is 2. The summed E-state index contributed by atoms with van der Waals surface area (Å²) in [4.78, 5) is 12.8. The Bertz CT molecular complexity index is 1350. The van der Waals surface area contributed by atoms with Crippen LogP contribution in [0.5, 0.6) is 34.5 Å². The van der Waals surface area contributed by atoms with Crippen molar-refractivity contribution in [2.75, 3.05) is 34.5 Å². The third kappa shape index (κ3) is 5.88. The van der Waals surface area contributed by atoms with Crippen LogP contribution >= 0.6 is 0 Å². The number of ether oxygens (including phenoxy) is 4. The van der Waals surface area contributed by atoms with Crippen LogP contribution in [0.15, 0.2) is 48.5 Å². The molecule has 40 heavy (non-hydrogen) atoms. The van der Waals surface area contributed by atoms with Gasteiger partial charge in [-0.15, -0.1) is 0 Å². The van der Waals surface area contributed by atoms with E-state index in [2.05, 4.69) is 0 Å². The molecule has 0 aromatic heterocycles. The summed E-state index contributed by atoms with van der Waals surface area (Å²) in [7, 11) is 4.24. The summed E-state index contributed by atoms with van der Waals surface area (Å²) in [5, 5.41) is 52.2. The molecule has 0 radical (unpaired) electrons. The van der Waals surface area contributed by atoms with Crippen LogP contribution in [0.2, 0.25) is 0 Å². The standard InChI is InChI=1S/C30H34O10/c1-37-25-11-16(4-6-23(25)32)8-19-15-40-30(36)20(19)9-17-10-21(29(35)27(12-17)39-3)22(14-31)28(34)18-5-7-24(33)26(13-18)38-2/h4-7,10-13,19-20,22,28,31-35H,8-9,14-15H2,1-3H3/t19-,20+,22?,28?/m0/s1. The molecule has 0 bridgehead atoms. The van der Waals surface area contributed by atoms with Gasteiger partial charge in [0.1, 0.15) is 0 Å². The molecule has 1 saturated heterocycles. The third-order valence-electron chi connectivity index (χ3n) is 7.42. The molecule has 0 saturated carbocycles. The van der Waals surface area contributed by atoms with Crippen molar-refractivity contribution in [3.8, 4) is 34.5 Å². The third-order valence-corrected chi connectivity index (χ3v) is 7.42. The molecule has 1 aliphatic heterocycles. The topological polar surface area (TPSA) is 155 Å². The van der Waals surface area contributed by atoms with Crippen molar-refractivity contribution >= 4 is 5.97 Å².